The molecule has 0 saturated carbocycles. The number of hydrogen-bond donors (Lipinski definition) is 3. The Kier molecular flexibility index (Phi) is 5.52. The maximum atomic E-state index is 12.7. The van der Waals surface area contributed by atoms with E-state index < -0.39 is 6.03 Å². The number of rotatable bonds is 4. The number of anilines is 3. The van der Waals surface area contributed by atoms with Crippen LogP contribution >= 0.6 is 0 Å². The average Bonchev–Trinajstić information content (AvgIpc) is 2.66. The Bertz CT molecular complexity index is 983. The highest BCUT2D eigenvalue weighted by atomic mass is 16.2. The molecule has 0 unspecified atom stereocenters. The van der Waals surface area contributed by atoms with Gasteiger partial charge in [-0.05, 0) is 49.2 Å². The van der Waals surface area contributed by atoms with E-state index in [1.165, 1.54) is 0 Å². The monoisotopic (exact) mass is 359 g/mol. The highest BCUT2D eigenvalue weighted by molar-refractivity contribution is 6.11. The van der Waals surface area contributed by atoms with Gasteiger partial charge in [-0.15, -0.1) is 0 Å². The summed E-state index contributed by atoms with van der Waals surface area (Å²) >= 11 is 0. The number of benzene rings is 3. The standard InChI is InChI=1S/C22H21N3O2/c1-15-9-3-6-12-18(15)23-21(26)17-11-5-8-14-20(17)25-22(27)24-19-13-7-4-10-16(19)2/h3-14H,1-2H3,(H,23,26)(H2,24,25,27). The van der Waals surface area contributed by atoms with Crippen molar-refractivity contribution in [2.75, 3.05) is 16.0 Å². The predicted octanol–water partition coefficient (Wildman–Crippen LogP) is 5.20. The number of nitrogens with one attached hydrogen (secondary N) is 3. The lowest BCUT2D eigenvalue weighted by Crippen LogP contribution is -2.22. The molecule has 0 atom stereocenters. The molecule has 3 aromatic carbocycles. The summed E-state index contributed by atoms with van der Waals surface area (Å²) in [6.45, 7) is 3.84. The first-order valence-electron chi connectivity index (χ1n) is 8.64. The SMILES string of the molecule is Cc1ccccc1NC(=O)Nc1ccccc1C(=O)Nc1ccccc1C. The van der Waals surface area contributed by atoms with Gasteiger partial charge in [0, 0.05) is 11.4 Å². The number of carbonyl (C=O) groups excluding carboxylic acids is 2. The minimum atomic E-state index is -0.402. The third-order valence-corrected chi connectivity index (χ3v) is 4.21. The Morgan fingerprint density at radius 2 is 1.04 bits per heavy atom. The second-order valence-corrected chi connectivity index (χ2v) is 6.21. The minimum absolute atomic E-state index is 0.281. The maximum Gasteiger partial charge on any atom is 0.323 e. The molecule has 0 bridgehead atoms. The molecule has 0 aliphatic heterocycles. The molecule has 3 N–H and O–H groups in total. The maximum absolute atomic E-state index is 12.7. The van der Waals surface area contributed by atoms with Crippen LogP contribution < -0.4 is 16.0 Å². The van der Waals surface area contributed by atoms with Crippen molar-refractivity contribution < 1.29 is 9.59 Å². The van der Waals surface area contributed by atoms with Gasteiger partial charge in [0.2, 0.25) is 0 Å². The zero-order valence-electron chi connectivity index (χ0n) is 15.2. The number of carbonyl (C=O) groups is 2. The second kappa shape index (κ2) is 8.19. The van der Waals surface area contributed by atoms with Gasteiger partial charge in [0.05, 0.1) is 11.3 Å². The number of hydrogen-bond acceptors (Lipinski definition) is 2. The zero-order chi connectivity index (χ0) is 19.2. The average molecular weight is 359 g/mol. The molecule has 5 nitrogen and oxygen atoms in total. The Morgan fingerprint density at radius 3 is 1.63 bits per heavy atom. The Labute approximate surface area is 158 Å². The fourth-order valence-electron chi connectivity index (χ4n) is 2.68. The summed E-state index contributed by atoms with van der Waals surface area (Å²) in [4.78, 5) is 25.1. The summed E-state index contributed by atoms with van der Waals surface area (Å²) < 4.78 is 0. The molecule has 0 aromatic heterocycles. The van der Waals surface area contributed by atoms with Crippen molar-refractivity contribution in [1.82, 2.24) is 0 Å². The van der Waals surface area contributed by atoms with E-state index in [2.05, 4.69) is 16.0 Å². The van der Waals surface area contributed by atoms with Crippen LogP contribution in [0.1, 0.15) is 21.5 Å². The molecule has 5 heteroatoms. The van der Waals surface area contributed by atoms with Gasteiger partial charge in [-0.2, -0.15) is 0 Å². The Morgan fingerprint density at radius 1 is 0.593 bits per heavy atom. The van der Waals surface area contributed by atoms with Gasteiger partial charge < -0.3 is 16.0 Å². The van der Waals surface area contributed by atoms with Gasteiger partial charge in [-0.1, -0.05) is 48.5 Å². The predicted molar refractivity (Wildman–Crippen MR) is 109 cm³/mol. The second-order valence-electron chi connectivity index (χ2n) is 6.21. The molecule has 0 heterocycles. The fourth-order valence-corrected chi connectivity index (χ4v) is 2.68. The molecule has 0 fully saturated rings. The molecule has 3 rings (SSSR count). The molecule has 136 valence electrons. The number of para-hydroxylation sites is 3. The Hall–Kier alpha value is -3.60. The van der Waals surface area contributed by atoms with E-state index in [0.717, 1.165) is 22.5 Å². The topological polar surface area (TPSA) is 70.2 Å². The van der Waals surface area contributed by atoms with Crippen LogP contribution in [0.2, 0.25) is 0 Å². The minimum Gasteiger partial charge on any atom is -0.322 e. The van der Waals surface area contributed by atoms with E-state index in [4.69, 9.17) is 0 Å². The highest BCUT2D eigenvalue weighted by Gasteiger charge is 2.14. The van der Waals surface area contributed by atoms with Gasteiger partial charge in [0.25, 0.3) is 5.91 Å². The number of urea groups is 1. The summed E-state index contributed by atoms with van der Waals surface area (Å²) in [6, 6.07) is 21.6. The number of amides is 3. The van der Waals surface area contributed by atoms with E-state index in [0.29, 0.717) is 11.3 Å². The highest BCUT2D eigenvalue weighted by Crippen LogP contribution is 2.20. The molecular formula is C22H21N3O2. The zero-order valence-corrected chi connectivity index (χ0v) is 15.2. The van der Waals surface area contributed by atoms with Crippen LogP contribution in [-0.4, -0.2) is 11.9 Å². The fraction of sp³-hybridized carbons (Fsp3) is 0.0909. The first-order valence-corrected chi connectivity index (χ1v) is 8.64. The van der Waals surface area contributed by atoms with Crippen LogP contribution in [0.5, 0.6) is 0 Å². The molecule has 3 amide bonds. The third kappa shape index (κ3) is 4.52. The lowest BCUT2D eigenvalue weighted by atomic mass is 10.1. The molecule has 3 aromatic rings. The molecule has 0 aliphatic rings. The molecule has 0 aliphatic carbocycles. The largest absolute Gasteiger partial charge is 0.323 e. The first-order chi connectivity index (χ1) is 13.0. The van der Waals surface area contributed by atoms with E-state index in [-0.39, 0.29) is 5.91 Å². The van der Waals surface area contributed by atoms with Gasteiger partial charge in [-0.3, -0.25) is 4.79 Å². The quantitative estimate of drug-likeness (QED) is 0.599. The van der Waals surface area contributed by atoms with Crippen LogP contribution in [0.15, 0.2) is 72.8 Å². The van der Waals surface area contributed by atoms with Crippen LogP contribution in [0, 0.1) is 13.8 Å². The molecule has 0 spiro atoms. The molecule has 0 radical (unpaired) electrons. The number of aryl methyl sites for hydroxylation is 2. The van der Waals surface area contributed by atoms with Crippen molar-refractivity contribution in [2.45, 2.75) is 13.8 Å². The summed E-state index contributed by atoms with van der Waals surface area (Å²) in [5.74, 6) is -0.281. The summed E-state index contributed by atoms with van der Waals surface area (Å²) in [5, 5.41) is 8.45. The summed E-state index contributed by atoms with van der Waals surface area (Å²) in [6.07, 6.45) is 0. The van der Waals surface area contributed by atoms with E-state index in [9.17, 15) is 9.59 Å². The van der Waals surface area contributed by atoms with E-state index >= 15 is 0 Å². The van der Waals surface area contributed by atoms with Crippen molar-refractivity contribution in [3.63, 3.8) is 0 Å². The van der Waals surface area contributed by atoms with Gasteiger partial charge >= 0.3 is 6.03 Å². The summed E-state index contributed by atoms with van der Waals surface area (Å²) in [5.41, 5.74) is 4.21. The van der Waals surface area contributed by atoms with E-state index in [1.54, 1.807) is 24.3 Å². The van der Waals surface area contributed by atoms with Crippen molar-refractivity contribution in [3.05, 3.63) is 89.5 Å². The normalized spacial score (nSPS) is 10.1. The van der Waals surface area contributed by atoms with Crippen molar-refractivity contribution >= 4 is 29.0 Å². The smallest absolute Gasteiger partial charge is 0.322 e. The van der Waals surface area contributed by atoms with E-state index in [1.807, 2.05) is 62.4 Å². The summed E-state index contributed by atoms with van der Waals surface area (Å²) in [7, 11) is 0. The lowest BCUT2D eigenvalue weighted by molar-refractivity contribution is 0.102. The van der Waals surface area contributed by atoms with Crippen LogP contribution in [0.4, 0.5) is 21.9 Å². The van der Waals surface area contributed by atoms with Crippen molar-refractivity contribution in [1.29, 1.82) is 0 Å². The van der Waals surface area contributed by atoms with Gasteiger partial charge in [-0.25, -0.2) is 4.79 Å². The van der Waals surface area contributed by atoms with Crippen LogP contribution in [-0.2, 0) is 0 Å². The van der Waals surface area contributed by atoms with Gasteiger partial charge in [0.15, 0.2) is 0 Å². The Balaban J connectivity index is 1.75. The van der Waals surface area contributed by atoms with Gasteiger partial charge in [0.1, 0.15) is 0 Å². The third-order valence-electron chi connectivity index (χ3n) is 4.21. The first kappa shape index (κ1) is 18.2. The van der Waals surface area contributed by atoms with Crippen molar-refractivity contribution in [2.24, 2.45) is 0 Å². The molecule has 0 saturated heterocycles. The lowest BCUT2D eigenvalue weighted by Gasteiger charge is -2.14. The van der Waals surface area contributed by atoms with Crippen LogP contribution in [0.3, 0.4) is 0 Å². The molecule has 27 heavy (non-hydrogen) atoms. The molecular weight excluding hydrogens is 338 g/mol. The van der Waals surface area contributed by atoms with Crippen molar-refractivity contribution in [3.8, 4) is 0 Å². The van der Waals surface area contributed by atoms with Crippen LogP contribution in [0.25, 0.3) is 0 Å².